The molecule has 1 nitrogen and oxygen atoms in total. The smallest absolute Gasteiger partial charge is 0.0468 e. The van der Waals surface area contributed by atoms with Crippen molar-refractivity contribution >= 4 is 59.3 Å². The van der Waals surface area contributed by atoms with E-state index in [4.69, 9.17) is 0 Å². The Bertz CT molecular complexity index is 3140. The predicted octanol–water partition coefficient (Wildman–Crippen LogP) is 16.0. The van der Waals surface area contributed by atoms with Crippen molar-refractivity contribution in [3.8, 4) is 44.5 Å². The van der Waals surface area contributed by atoms with Gasteiger partial charge in [-0.3, -0.25) is 0 Å². The summed E-state index contributed by atoms with van der Waals surface area (Å²) in [5, 5.41) is 5.12. The lowest BCUT2D eigenvalue weighted by molar-refractivity contribution is 0.662. The van der Waals surface area contributed by atoms with Gasteiger partial charge in [0, 0.05) is 42.6 Å². The number of fused-ring (bicyclic) bond motifs is 7. The normalized spacial score (nSPS) is 12.9. The summed E-state index contributed by atoms with van der Waals surface area (Å²) in [5.41, 5.74) is 16.2. The Morgan fingerprint density at radius 2 is 0.947 bits per heavy atom. The van der Waals surface area contributed by atoms with Crippen molar-refractivity contribution in [2.75, 3.05) is 4.90 Å². The van der Waals surface area contributed by atoms with Gasteiger partial charge in [0.2, 0.25) is 0 Å². The molecule has 0 radical (unpaired) electrons. The van der Waals surface area contributed by atoms with Crippen LogP contribution < -0.4 is 4.90 Å². The maximum atomic E-state index is 2.40. The van der Waals surface area contributed by atoms with Gasteiger partial charge in [0.05, 0.1) is 0 Å². The predicted molar refractivity (Wildman–Crippen MR) is 245 cm³/mol. The topological polar surface area (TPSA) is 3.24 Å². The van der Waals surface area contributed by atoms with E-state index in [0.717, 1.165) is 17.1 Å². The van der Waals surface area contributed by atoms with Crippen LogP contribution in [-0.2, 0) is 5.41 Å². The van der Waals surface area contributed by atoms with E-state index in [1.165, 1.54) is 86.6 Å². The largest absolute Gasteiger partial charge is 0.310 e. The van der Waals surface area contributed by atoms with E-state index < -0.39 is 0 Å². The van der Waals surface area contributed by atoms with E-state index in [2.05, 4.69) is 219 Å². The molecule has 270 valence electrons. The van der Waals surface area contributed by atoms with Crippen molar-refractivity contribution in [2.45, 2.75) is 19.3 Å². The van der Waals surface area contributed by atoms with Gasteiger partial charge in [-0.05, 0) is 121 Å². The van der Waals surface area contributed by atoms with Crippen LogP contribution in [0.1, 0.15) is 25.0 Å². The van der Waals surface area contributed by atoms with Gasteiger partial charge < -0.3 is 4.90 Å². The summed E-state index contributed by atoms with van der Waals surface area (Å²) in [6.45, 7) is 4.73. The van der Waals surface area contributed by atoms with Gasteiger partial charge in [0.25, 0.3) is 0 Å². The third-order valence-corrected chi connectivity index (χ3v) is 13.2. The molecule has 10 aromatic rings. The van der Waals surface area contributed by atoms with Crippen molar-refractivity contribution < 1.29 is 0 Å². The molecule has 9 aromatic carbocycles. The van der Waals surface area contributed by atoms with Crippen molar-refractivity contribution in [2.24, 2.45) is 0 Å². The maximum Gasteiger partial charge on any atom is 0.0468 e. The first-order valence-electron chi connectivity index (χ1n) is 19.8. The van der Waals surface area contributed by atoms with Gasteiger partial charge in [-0.1, -0.05) is 159 Å². The first-order valence-corrected chi connectivity index (χ1v) is 20.6. The van der Waals surface area contributed by atoms with Gasteiger partial charge in [-0.2, -0.15) is 0 Å². The molecule has 1 heterocycles. The molecule has 1 aliphatic carbocycles. The molecule has 1 aromatic heterocycles. The summed E-state index contributed by atoms with van der Waals surface area (Å²) in [6.07, 6.45) is 0. The van der Waals surface area contributed by atoms with Gasteiger partial charge in [-0.15, -0.1) is 11.3 Å². The zero-order valence-corrected chi connectivity index (χ0v) is 32.7. The van der Waals surface area contributed by atoms with E-state index in [1.54, 1.807) is 0 Å². The minimum absolute atomic E-state index is 0.0813. The van der Waals surface area contributed by atoms with Gasteiger partial charge >= 0.3 is 0 Å². The van der Waals surface area contributed by atoms with E-state index >= 15 is 0 Å². The second-order valence-corrected chi connectivity index (χ2v) is 16.8. The molecule has 0 bridgehead atoms. The SMILES string of the molecule is CC1(C)c2ccccc2-c2cccc(-c3ccc(N(c4ccc(-c5cccc(-c6cccc7ccccc67)c5)cc4)c4ccc5sc6ccccc6c5c4)cc3)c21. The van der Waals surface area contributed by atoms with Crippen LogP contribution in [0, 0.1) is 0 Å². The number of hydrogen-bond donors (Lipinski definition) is 0. The van der Waals surface area contributed by atoms with Crippen LogP contribution in [0.2, 0.25) is 0 Å². The first-order chi connectivity index (χ1) is 28.0. The molecule has 0 N–H and O–H groups in total. The Morgan fingerprint density at radius 3 is 1.79 bits per heavy atom. The van der Waals surface area contributed by atoms with E-state index in [-0.39, 0.29) is 5.41 Å². The Kier molecular flexibility index (Phi) is 7.77. The van der Waals surface area contributed by atoms with E-state index in [1.807, 2.05) is 11.3 Å². The molecule has 0 saturated carbocycles. The van der Waals surface area contributed by atoms with Crippen LogP contribution in [0.25, 0.3) is 75.5 Å². The van der Waals surface area contributed by atoms with E-state index in [0.29, 0.717) is 0 Å². The highest BCUT2D eigenvalue weighted by molar-refractivity contribution is 7.25. The van der Waals surface area contributed by atoms with E-state index in [9.17, 15) is 0 Å². The molecule has 11 rings (SSSR count). The van der Waals surface area contributed by atoms with Crippen LogP contribution in [0.4, 0.5) is 17.1 Å². The second kappa shape index (κ2) is 13.2. The van der Waals surface area contributed by atoms with Crippen molar-refractivity contribution in [3.63, 3.8) is 0 Å². The zero-order valence-electron chi connectivity index (χ0n) is 31.9. The monoisotopic (exact) mass is 745 g/mol. The lowest BCUT2D eigenvalue weighted by Gasteiger charge is -2.27. The molecule has 0 amide bonds. The summed E-state index contributed by atoms with van der Waals surface area (Å²) in [4.78, 5) is 2.40. The summed E-state index contributed by atoms with van der Waals surface area (Å²) in [5.74, 6) is 0. The lowest BCUT2D eigenvalue weighted by Crippen LogP contribution is -2.16. The quantitative estimate of drug-likeness (QED) is 0.164. The first kappa shape index (κ1) is 33.6. The number of thiophene rings is 1. The van der Waals surface area contributed by atoms with Crippen molar-refractivity contribution in [1.29, 1.82) is 0 Å². The number of benzene rings is 9. The Morgan fingerprint density at radius 1 is 0.368 bits per heavy atom. The average molecular weight is 746 g/mol. The number of nitrogens with zero attached hydrogens (tertiary/aromatic N) is 1. The molecule has 0 spiro atoms. The molecular weight excluding hydrogens is 707 g/mol. The molecule has 0 unspecified atom stereocenters. The molecule has 0 atom stereocenters. The summed E-state index contributed by atoms with van der Waals surface area (Å²) >= 11 is 1.86. The van der Waals surface area contributed by atoms with Crippen molar-refractivity contribution in [1.82, 2.24) is 0 Å². The lowest BCUT2D eigenvalue weighted by atomic mass is 9.79. The van der Waals surface area contributed by atoms with Crippen LogP contribution >= 0.6 is 11.3 Å². The molecule has 0 aliphatic heterocycles. The highest BCUT2D eigenvalue weighted by Crippen LogP contribution is 2.52. The van der Waals surface area contributed by atoms with Crippen molar-refractivity contribution in [3.05, 3.63) is 211 Å². The van der Waals surface area contributed by atoms with Crippen LogP contribution in [0.5, 0.6) is 0 Å². The second-order valence-electron chi connectivity index (χ2n) is 15.7. The highest BCUT2D eigenvalue weighted by Gasteiger charge is 2.37. The minimum atomic E-state index is -0.0813. The molecule has 2 heteroatoms. The Labute approximate surface area is 337 Å². The number of anilines is 3. The van der Waals surface area contributed by atoms with Gasteiger partial charge in [0.15, 0.2) is 0 Å². The van der Waals surface area contributed by atoms with Crippen LogP contribution in [0.15, 0.2) is 200 Å². The molecule has 0 saturated heterocycles. The summed E-state index contributed by atoms with van der Waals surface area (Å²) < 4.78 is 2.62. The molecular formula is C55H39NS. The summed E-state index contributed by atoms with van der Waals surface area (Å²) in [7, 11) is 0. The fraction of sp³-hybridized carbons (Fsp3) is 0.0545. The Hall–Kier alpha value is -6.74. The Balaban J connectivity index is 1.000. The van der Waals surface area contributed by atoms with Gasteiger partial charge in [0.1, 0.15) is 0 Å². The summed E-state index contributed by atoms with van der Waals surface area (Å²) in [6, 6.07) is 73.8. The van der Waals surface area contributed by atoms with Gasteiger partial charge in [-0.25, -0.2) is 0 Å². The minimum Gasteiger partial charge on any atom is -0.310 e. The zero-order chi connectivity index (χ0) is 38.1. The third-order valence-electron chi connectivity index (χ3n) is 12.1. The fourth-order valence-corrected chi connectivity index (χ4v) is 10.4. The van der Waals surface area contributed by atoms with Crippen LogP contribution in [0.3, 0.4) is 0 Å². The molecule has 0 fully saturated rings. The van der Waals surface area contributed by atoms with Crippen LogP contribution in [-0.4, -0.2) is 0 Å². The fourth-order valence-electron chi connectivity index (χ4n) is 9.33. The molecule has 1 aliphatic rings. The highest BCUT2D eigenvalue weighted by atomic mass is 32.1. The maximum absolute atomic E-state index is 2.40. The number of rotatable bonds is 6. The average Bonchev–Trinajstić information content (AvgIpc) is 3.75. The number of hydrogen-bond acceptors (Lipinski definition) is 2. The molecule has 57 heavy (non-hydrogen) atoms. The third kappa shape index (κ3) is 5.51. The standard InChI is InChI=1S/C55H39NS/c1-55(2)51-22-7-5-17-47(51)49-21-11-20-46(54(49)55)38-26-30-42(31-27-38)56(43-32-33-53-50(35-43)48-18-6-8-23-52(48)57-53)41-28-24-36(25-29-41)39-14-9-15-40(34-39)45-19-10-13-37-12-3-4-16-44(37)45/h3-35H,1-2H3.